The fourth-order valence-electron chi connectivity index (χ4n) is 3.53. The van der Waals surface area contributed by atoms with Gasteiger partial charge in [-0.1, -0.05) is 6.07 Å². The van der Waals surface area contributed by atoms with Crippen molar-refractivity contribution in [2.75, 3.05) is 25.5 Å². The number of benzene rings is 1. The van der Waals surface area contributed by atoms with E-state index < -0.39 is 5.97 Å². The zero-order valence-electron chi connectivity index (χ0n) is 15.5. The Labute approximate surface area is 162 Å². The maximum Gasteiger partial charge on any atom is 0.337 e. The van der Waals surface area contributed by atoms with Crippen molar-refractivity contribution < 1.29 is 14.3 Å². The summed E-state index contributed by atoms with van der Waals surface area (Å²) < 4.78 is 6.82. The number of aromatic nitrogens is 3. The zero-order chi connectivity index (χ0) is 19.5. The van der Waals surface area contributed by atoms with Crippen LogP contribution in [0.25, 0.3) is 11.2 Å². The van der Waals surface area contributed by atoms with E-state index in [0.717, 1.165) is 24.0 Å². The van der Waals surface area contributed by atoms with E-state index in [4.69, 9.17) is 4.74 Å². The van der Waals surface area contributed by atoms with Crippen LogP contribution in [-0.4, -0.2) is 51.6 Å². The Bertz CT molecular complexity index is 1010. The smallest absolute Gasteiger partial charge is 0.337 e. The topological polar surface area (TPSA) is 89.4 Å². The first-order valence-electron chi connectivity index (χ1n) is 9.17. The number of rotatable bonds is 3. The second-order valence-corrected chi connectivity index (χ2v) is 6.72. The summed E-state index contributed by atoms with van der Waals surface area (Å²) in [4.78, 5) is 34.8. The molecule has 0 unspecified atom stereocenters. The molecule has 2 aromatic heterocycles. The maximum atomic E-state index is 12.6. The van der Waals surface area contributed by atoms with E-state index in [9.17, 15) is 9.59 Å². The van der Waals surface area contributed by atoms with Crippen molar-refractivity contribution in [3.63, 3.8) is 0 Å². The summed E-state index contributed by atoms with van der Waals surface area (Å²) >= 11 is 0. The van der Waals surface area contributed by atoms with E-state index in [1.54, 1.807) is 35.4 Å². The van der Waals surface area contributed by atoms with Gasteiger partial charge in [0.05, 0.1) is 19.0 Å². The summed E-state index contributed by atoms with van der Waals surface area (Å²) in [5, 5.41) is 2.86. The van der Waals surface area contributed by atoms with Crippen molar-refractivity contribution in [2.24, 2.45) is 0 Å². The van der Waals surface area contributed by atoms with Crippen LogP contribution >= 0.6 is 0 Å². The molecule has 0 radical (unpaired) electrons. The quantitative estimate of drug-likeness (QED) is 0.707. The predicted octanol–water partition coefficient (Wildman–Crippen LogP) is 3.09. The van der Waals surface area contributed by atoms with Crippen LogP contribution in [-0.2, 0) is 4.74 Å². The number of carbonyl (C=O) groups is 2. The van der Waals surface area contributed by atoms with Crippen molar-refractivity contribution in [3.05, 3.63) is 54.5 Å². The normalized spacial score (nSPS) is 14.8. The lowest BCUT2D eigenvalue weighted by molar-refractivity contribution is 0.0600. The lowest BCUT2D eigenvalue weighted by Crippen LogP contribution is -2.41. The minimum absolute atomic E-state index is 0.172. The van der Waals surface area contributed by atoms with Crippen molar-refractivity contribution in [1.82, 2.24) is 19.4 Å². The van der Waals surface area contributed by atoms with Crippen LogP contribution in [0.2, 0.25) is 0 Å². The molecule has 1 fully saturated rings. The number of amides is 2. The van der Waals surface area contributed by atoms with Crippen LogP contribution in [0.5, 0.6) is 0 Å². The number of nitrogens with zero attached hydrogens (tertiary/aromatic N) is 4. The van der Waals surface area contributed by atoms with Gasteiger partial charge in [-0.15, -0.1) is 0 Å². The molecule has 8 nitrogen and oxygen atoms in total. The van der Waals surface area contributed by atoms with Gasteiger partial charge in [0.15, 0.2) is 5.65 Å². The number of fused-ring (bicyclic) bond motifs is 1. The SMILES string of the molecule is COC(=O)c1cccc(NC(=O)N2CCC(n3cnc4cccnc43)CC2)c1. The molecule has 3 heterocycles. The number of methoxy groups -OCH3 is 1. The van der Waals surface area contributed by atoms with Gasteiger partial charge >= 0.3 is 12.0 Å². The predicted molar refractivity (Wildman–Crippen MR) is 104 cm³/mol. The number of carbonyl (C=O) groups excluding carboxylic acids is 2. The number of anilines is 1. The van der Waals surface area contributed by atoms with E-state index in [1.165, 1.54) is 7.11 Å². The number of hydrogen-bond acceptors (Lipinski definition) is 5. The van der Waals surface area contributed by atoms with Gasteiger partial charge in [0.1, 0.15) is 5.52 Å². The van der Waals surface area contributed by atoms with Gasteiger partial charge in [-0.3, -0.25) is 0 Å². The molecule has 28 heavy (non-hydrogen) atoms. The van der Waals surface area contributed by atoms with Gasteiger partial charge in [-0.05, 0) is 43.2 Å². The first kappa shape index (κ1) is 18.0. The molecule has 0 spiro atoms. The third-order valence-electron chi connectivity index (χ3n) is 5.01. The number of piperidine rings is 1. The fourth-order valence-corrected chi connectivity index (χ4v) is 3.53. The van der Waals surface area contributed by atoms with Crippen LogP contribution < -0.4 is 5.32 Å². The molecule has 2 amide bonds. The Balaban J connectivity index is 1.38. The highest BCUT2D eigenvalue weighted by molar-refractivity contribution is 5.93. The van der Waals surface area contributed by atoms with Gasteiger partial charge in [0.25, 0.3) is 0 Å². The van der Waals surface area contributed by atoms with Gasteiger partial charge in [0, 0.05) is 31.0 Å². The minimum atomic E-state index is -0.432. The van der Waals surface area contributed by atoms with Gasteiger partial charge in [0.2, 0.25) is 0 Å². The highest BCUT2D eigenvalue weighted by Crippen LogP contribution is 2.26. The number of imidazole rings is 1. The first-order valence-corrected chi connectivity index (χ1v) is 9.17. The van der Waals surface area contributed by atoms with Crippen LogP contribution in [0.4, 0.5) is 10.5 Å². The van der Waals surface area contributed by atoms with Crippen LogP contribution in [0, 0.1) is 0 Å². The monoisotopic (exact) mass is 379 g/mol. The summed E-state index contributed by atoms with van der Waals surface area (Å²) in [5.74, 6) is -0.432. The Morgan fingerprint density at radius 3 is 2.75 bits per heavy atom. The maximum absolute atomic E-state index is 12.6. The van der Waals surface area contributed by atoms with Crippen molar-refractivity contribution in [2.45, 2.75) is 18.9 Å². The van der Waals surface area contributed by atoms with E-state index >= 15 is 0 Å². The average molecular weight is 379 g/mol. The third-order valence-corrected chi connectivity index (χ3v) is 5.01. The molecule has 0 aliphatic carbocycles. The standard InChI is InChI=1S/C20H21N5O3/c1-28-19(26)14-4-2-5-15(12-14)23-20(27)24-10-7-16(8-11-24)25-13-22-17-6-3-9-21-18(17)25/h2-6,9,12-13,16H,7-8,10-11H2,1H3,(H,23,27). The van der Waals surface area contributed by atoms with Crippen molar-refractivity contribution in [3.8, 4) is 0 Å². The number of pyridine rings is 1. The van der Waals surface area contributed by atoms with Gasteiger partial charge in [-0.25, -0.2) is 19.6 Å². The lowest BCUT2D eigenvalue weighted by atomic mass is 10.1. The molecule has 0 atom stereocenters. The Hall–Kier alpha value is -3.42. The van der Waals surface area contributed by atoms with E-state index in [0.29, 0.717) is 24.3 Å². The Kier molecular flexibility index (Phi) is 4.92. The van der Waals surface area contributed by atoms with Gasteiger partial charge < -0.3 is 19.5 Å². The number of hydrogen-bond donors (Lipinski definition) is 1. The molecule has 0 saturated carbocycles. The highest BCUT2D eigenvalue weighted by Gasteiger charge is 2.25. The number of urea groups is 1. The molecule has 0 bridgehead atoms. The van der Waals surface area contributed by atoms with E-state index in [-0.39, 0.29) is 12.1 Å². The summed E-state index contributed by atoms with van der Waals surface area (Å²) in [6.45, 7) is 1.28. The number of likely N-dealkylation sites (tertiary alicyclic amines) is 1. The highest BCUT2D eigenvalue weighted by atomic mass is 16.5. The fraction of sp³-hybridized carbons (Fsp3) is 0.300. The van der Waals surface area contributed by atoms with E-state index in [2.05, 4.69) is 19.9 Å². The summed E-state index contributed by atoms with van der Waals surface area (Å²) in [5.41, 5.74) is 2.73. The molecular weight excluding hydrogens is 358 g/mol. The van der Waals surface area contributed by atoms with E-state index in [1.807, 2.05) is 18.5 Å². The largest absolute Gasteiger partial charge is 0.465 e. The van der Waals surface area contributed by atoms with Crippen LogP contribution in [0.15, 0.2) is 48.9 Å². The molecule has 1 N–H and O–H groups in total. The average Bonchev–Trinajstić information content (AvgIpc) is 3.17. The van der Waals surface area contributed by atoms with Gasteiger partial charge in [-0.2, -0.15) is 0 Å². The van der Waals surface area contributed by atoms with Crippen LogP contribution in [0.1, 0.15) is 29.2 Å². The van der Waals surface area contributed by atoms with Crippen molar-refractivity contribution in [1.29, 1.82) is 0 Å². The lowest BCUT2D eigenvalue weighted by Gasteiger charge is -2.32. The summed E-state index contributed by atoms with van der Waals surface area (Å²) in [6, 6.07) is 10.6. The number of ether oxygens (including phenoxy) is 1. The Morgan fingerprint density at radius 1 is 1.14 bits per heavy atom. The van der Waals surface area contributed by atoms with Crippen molar-refractivity contribution >= 4 is 28.9 Å². The molecule has 1 aliphatic heterocycles. The van der Waals surface area contributed by atoms with Crippen LogP contribution in [0.3, 0.4) is 0 Å². The number of nitrogens with one attached hydrogen (secondary N) is 1. The molecule has 1 saturated heterocycles. The number of esters is 1. The molecule has 144 valence electrons. The Morgan fingerprint density at radius 2 is 1.96 bits per heavy atom. The zero-order valence-corrected chi connectivity index (χ0v) is 15.5. The molecule has 3 aromatic rings. The minimum Gasteiger partial charge on any atom is -0.465 e. The molecular formula is C20H21N5O3. The summed E-state index contributed by atoms with van der Waals surface area (Å²) in [6.07, 6.45) is 5.26. The second kappa shape index (κ2) is 7.67. The molecule has 8 heteroatoms. The summed E-state index contributed by atoms with van der Waals surface area (Å²) in [7, 11) is 1.33. The first-order chi connectivity index (χ1) is 13.7. The third kappa shape index (κ3) is 3.53. The molecule has 1 aromatic carbocycles. The second-order valence-electron chi connectivity index (χ2n) is 6.72. The molecule has 1 aliphatic rings. The molecule has 4 rings (SSSR count).